The zero-order chi connectivity index (χ0) is 27.4. The third-order valence-corrected chi connectivity index (χ3v) is 6.53. The number of amides is 1. The van der Waals surface area contributed by atoms with Crippen molar-refractivity contribution in [3.63, 3.8) is 0 Å². The quantitative estimate of drug-likeness (QED) is 0.360. The van der Waals surface area contributed by atoms with Crippen molar-refractivity contribution in [3.05, 3.63) is 84.2 Å². The number of alkyl halides is 3. The summed E-state index contributed by atoms with van der Waals surface area (Å²) >= 11 is 0. The maximum Gasteiger partial charge on any atom is 0.573 e. The van der Waals surface area contributed by atoms with Crippen molar-refractivity contribution in [3.8, 4) is 17.2 Å². The van der Waals surface area contributed by atoms with E-state index in [-0.39, 0.29) is 24.9 Å². The largest absolute Gasteiger partial charge is 0.573 e. The van der Waals surface area contributed by atoms with Gasteiger partial charge in [0.15, 0.2) is 0 Å². The number of rotatable bonds is 8. The molecule has 0 atom stereocenters. The van der Waals surface area contributed by atoms with Gasteiger partial charge in [-0.05, 0) is 48.0 Å². The second kappa shape index (κ2) is 11.3. The summed E-state index contributed by atoms with van der Waals surface area (Å²) in [5, 5.41) is 9.11. The van der Waals surface area contributed by atoms with E-state index in [0.29, 0.717) is 42.0 Å². The molecule has 1 fully saturated rings. The van der Waals surface area contributed by atoms with E-state index in [0.717, 1.165) is 24.3 Å². The minimum absolute atomic E-state index is 0.0384. The molecule has 11 heteroatoms. The van der Waals surface area contributed by atoms with E-state index in [1.165, 1.54) is 24.3 Å². The van der Waals surface area contributed by atoms with Crippen LogP contribution in [0.4, 0.5) is 13.2 Å². The van der Waals surface area contributed by atoms with Gasteiger partial charge in [0.05, 0.1) is 23.3 Å². The summed E-state index contributed by atoms with van der Waals surface area (Å²) in [5.41, 5.74) is 3.59. The molecule has 1 N–H and O–H groups in total. The third kappa shape index (κ3) is 6.50. The molecular formula is C28H27F3N4O4. The van der Waals surface area contributed by atoms with Crippen LogP contribution in [0, 0.1) is 0 Å². The first-order chi connectivity index (χ1) is 18.8. The number of hydrogen-bond donors (Lipinski definition) is 1. The molecule has 0 radical (unpaired) electrons. The van der Waals surface area contributed by atoms with Crippen LogP contribution in [-0.2, 0) is 6.61 Å². The smallest absolute Gasteiger partial charge is 0.489 e. The highest BCUT2D eigenvalue weighted by molar-refractivity contribution is 5.97. The number of hydrogen-bond acceptors (Lipinski definition) is 6. The number of carbonyl (C=O) groups is 1. The molecule has 1 aromatic heterocycles. The first kappa shape index (κ1) is 26.5. The molecule has 0 unspecified atom stereocenters. The van der Waals surface area contributed by atoms with Crippen molar-refractivity contribution in [2.45, 2.75) is 13.0 Å². The number of β-amino-alcohol motifs (C(OH)–C–C–N with tert-alkyl or cyclic N) is 1. The molecule has 2 heterocycles. The van der Waals surface area contributed by atoms with Crippen LogP contribution < -0.4 is 9.47 Å². The van der Waals surface area contributed by atoms with Crippen molar-refractivity contribution in [1.29, 1.82) is 0 Å². The fourth-order valence-electron chi connectivity index (χ4n) is 4.53. The Hall–Kier alpha value is -4.09. The summed E-state index contributed by atoms with van der Waals surface area (Å²) in [5.74, 6) is 0.256. The van der Waals surface area contributed by atoms with Crippen molar-refractivity contribution >= 4 is 16.9 Å². The van der Waals surface area contributed by atoms with E-state index in [9.17, 15) is 18.0 Å². The molecule has 1 saturated heterocycles. The summed E-state index contributed by atoms with van der Waals surface area (Å²) in [6, 6.07) is 18.4. The second-order valence-electron chi connectivity index (χ2n) is 9.15. The molecular weight excluding hydrogens is 513 g/mol. The van der Waals surface area contributed by atoms with E-state index in [2.05, 4.69) is 14.6 Å². The topological polar surface area (TPSA) is 80.1 Å². The highest BCUT2D eigenvalue weighted by Crippen LogP contribution is 2.25. The Morgan fingerprint density at radius 1 is 0.949 bits per heavy atom. The average molecular weight is 541 g/mol. The molecule has 1 aliphatic heterocycles. The lowest BCUT2D eigenvalue weighted by Gasteiger charge is -2.34. The van der Waals surface area contributed by atoms with Gasteiger partial charge >= 0.3 is 6.36 Å². The zero-order valence-electron chi connectivity index (χ0n) is 21.0. The lowest BCUT2D eigenvalue weighted by Crippen LogP contribution is -2.49. The summed E-state index contributed by atoms with van der Waals surface area (Å²) in [6.07, 6.45) is -3.05. The number of nitrogens with zero attached hydrogens (tertiary/aromatic N) is 4. The maximum absolute atomic E-state index is 13.0. The van der Waals surface area contributed by atoms with E-state index in [4.69, 9.17) is 9.84 Å². The number of imidazole rings is 1. The van der Waals surface area contributed by atoms with Crippen LogP contribution in [0.2, 0.25) is 0 Å². The van der Waals surface area contributed by atoms with E-state index < -0.39 is 6.36 Å². The second-order valence-corrected chi connectivity index (χ2v) is 9.15. The summed E-state index contributed by atoms with van der Waals surface area (Å²) in [6.45, 7) is 3.60. The molecule has 4 aromatic rings. The van der Waals surface area contributed by atoms with Crippen molar-refractivity contribution < 1.29 is 32.5 Å². The Balaban J connectivity index is 1.25. The third-order valence-electron chi connectivity index (χ3n) is 6.53. The van der Waals surface area contributed by atoms with Crippen LogP contribution in [0.5, 0.6) is 11.5 Å². The Kier molecular flexibility index (Phi) is 7.71. The van der Waals surface area contributed by atoms with Crippen LogP contribution in [-0.4, -0.2) is 76.1 Å². The van der Waals surface area contributed by atoms with Gasteiger partial charge in [0.1, 0.15) is 24.4 Å². The van der Waals surface area contributed by atoms with Gasteiger partial charge in [0, 0.05) is 44.4 Å². The molecule has 3 aromatic carbocycles. The van der Waals surface area contributed by atoms with Crippen molar-refractivity contribution in [2.75, 3.05) is 39.3 Å². The summed E-state index contributed by atoms with van der Waals surface area (Å²) in [7, 11) is 0. The Bertz CT molecular complexity index is 1430. The molecule has 0 bridgehead atoms. The van der Waals surface area contributed by atoms with Gasteiger partial charge in [0.2, 0.25) is 0 Å². The number of piperazine rings is 1. The van der Waals surface area contributed by atoms with Crippen molar-refractivity contribution in [1.82, 2.24) is 19.4 Å². The SMILES string of the molecule is O=C(c1ccc2c(c1)ncn2-c1cccc(OCc2ccc(OC(F)(F)F)cc2)c1)N1CCN(CCO)CC1. The fourth-order valence-corrected chi connectivity index (χ4v) is 4.53. The standard InChI is InChI=1S/C28H27F3N4O4/c29-28(30,31)39-23-7-4-20(5-8-23)18-38-24-3-1-2-22(17-24)35-19-32-25-16-21(6-9-26(25)35)27(37)34-12-10-33(11-13-34)14-15-36/h1-9,16-17,19,36H,10-15,18H2. The summed E-state index contributed by atoms with van der Waals surface area (Å²) in [4.78, 5) is 21.5. The molecule has 8 nitrogen and oxygen atoms in total. The van der Waals surface area contributed by atoms with E-state index in [1.54, 1.807) is 24.5 Å². The number of fused-ring (bicyclic) bond motifs is 1. The van der Waals surface area contributed by atoms with Gasteiger partial charge in [-0.1, -0.05) is 18.2 Å². The lowest BCUT2D eigenvalue weighted by molar-refractivity contribution is -0.274. The molecule has 1 amide bonds. The predicted octanol–water partition coefficient (Wildman–Crippen LogP) is 4.25. The van der Waals surface area contributed by atoms with Gasteiger partial charge in [0.25, 0.3) is 5.91 Å². The molecule has 0 aliphatic carbocycles. The van der Waals surface area contributed by atoms with Crippen LogP contribution >= 0.6 is 0 Å². The zero-order valence-corrected chi connectivity index (χ0v) is 21.0. The van der Waals surface area contributed by atoms with Gasteiger partial charge < -0.3 is 19.5 Å². The minimum atomic E-state index is -4.73. The molecule has 0 saturated carbocycles. The van der Waals surface area contributed by atoms with E-state index in [1.807, 2.05) is 33.7 Å². The van der Waals surface area contributed by atoms with Gasteiger partial charge in [-0.15, -0.1) is 13.2 Å². The first-order valence-corrected chi connectivity index (χ1v) is 12.5. The number of benzene rings is 3. The first-order valence-electron chi connectivity index (χ1n) is 12.5. The Labute approximate surface area is 222 Å². The Morgan fingerprint density at radius 2 is 1.72 bits per heavy atom. The van der Waals surface area contributed by atoms with Crippen LogP contribution in [0.1, 0.15) is 15.9 Å². The van der Waals surface area contributed by atoms with Gasteiger partial charge in [-0.2, -0.15) is 0 Å². The van der Waals surface area contributed by atoms with E-state index >= 15 is 0 Å². The molecule has 1 aliphatic rings. The highest BCUT2D eigenvalue weighted by Gasteiger charge is 2.31. The van der Waals surface area contributed by atoms with Gasteiger partial charge in [-0.25, -0.2) is 4.98 Å². The van der Waals surface area contributed by atoms with Crippen molar-refractivity contribution in [2.24, 2.45) is 0 Å². The molecule has 204 valence electrons. The molecule has 39 heavy (non-hydrogen) atoms. The molecule has 0 spiro atoms. The maximum atomic E-state index is 13.0. The van der Waals surface area contributed by atoms with Crippen LogP contribution in [0.25, 0.3) is 16.7 Å². The normalized spacial score (nSPS) is 14.5. The van der Waals surface area contributed by atoms with Crippen LogP contribution in [0.15, 0.2) is 73.1 Å². The number of aliphatic hydroxyl groups is 1. The molecule has 5 rings (SSSR count). The number of ether oxygens (including phenoxy) is 2. The summed E-state index contributed by atoms with van der Waals surface area (Å²) < 4.78 is 48.7. The number of halogens is 3. The lowest BCUT2D eigenvalue weighted by atomic mass is 10.1. The fraction of sp³-hybridized carbons (Fsp3) is 0.286. The number of aliphatic hydroxyl groups excluding tert-OH is 1. The number of carbonyl (C=O) groups excluding carboxylic acids is 1. The van der Waals surface area contributed by atoms with Gasteiger partial charge in [-0.3, -0.25) is 14.3 Å². The Morgan fingerprint density at radius 3 is 2.44 bits per heavy atom. The minimum Gasteiger partial charge on any atom is -0.489 e. The average Bonchev–Trinajstić information content (AvgIpc) is 3.36. The number of aromatic nitrogens is 2. The predicted molar refractivity (Wildman–Crippen MR) is 138 cm³/mol. The van der Waals surface area contributed by atoms with Crippen LogP contribution in [0.3, 0.4) is 0 Å². The monoisotopic (exact) mass is 540 g/mol. The highest BCUT2D eigenvalue weighted by atomic mass is 19.4.